The number of benzene rings is 1. The third kappa shape index (κ3) is 6.78. The van der Waals surface area contributed by atoms with Crippen molar-refractivity contribution in [2.75, 3.05) is 6.61 Å². The molecule has 0 amide bonds. The molecular weight excluding hydrogens is 284 g/mol. The predicted octanol–water partition coefficient (Wildman–Crippen LogP) is 6.02. The normalized spacial score (nSPS) is 19.9. The third-order valence-corrected chi connectivity index (χ3v) is 4.49. The standard InChI is InChI=1S/C21H32O2/c1-2-3-4-5-6-7-8-12-17-22-21(16-13-18-23-21)19-20-14-10-9-11-15-20/h9-11,13-15,18H,2-8,12,16-17,19H2,1H3. The minimum atomic E-state index is -0.470. The quantitative estimate of drug-likeness (QED) is 0.439. The van der Waals surface area contributed by atoms with Gasteiger partial charge in [0.25, 0.3) is 0 Å². The van der Waals surface area contributed by atoms with Gasteiger partial charge in [0.2, 0.25) is 5.79 Å². The first-order valence-corrected chi connectivity index (χ1v) is 9.35. The lowest BCUT2D eigenvalue weighted by molar-refractivity contribution is -0.194. The van der Waals surface area contributed by atoms with Gasteiger partial charge in [-0.25, -0.2) is 0 Å². The Balaban J connectivity index is 1.62. The van der Waals surface area contributed by atoms with Crippen LogP contribution in [-0.2, 0) is 15.9 Å². The van der Waals surface area contributed by atoms with E-state index >= 15 is 0 Å². The van der Waals surface area contributed by atoms with Gasteiger partial charge in [-0.3, -0.25) is 0 Å². The lowest BCUT2D eigenvalue weighted by Crippen LogP contribution is -2.34. The molecule has 0 radical (unpaired) electrons. The van der Waals surface area contributed by atoms with E-state index in [1.165, 1.54) is 50.5 Å². The zero-order valence-corrected chi connectivity index (χ0v) is 14.6. The van der Waals surface area contributed by atoms with Crippen LogP contribution in [0.3, 0.4) is 0 Å². The van der Waals surface area contributed by atoms with E-state index < -0.39 is 5.79 Å². The number of ether oxygens (including phenoxy) is 2. The van der Waals surface area contributed by atoms with Crippen molar-refractivity contribution < 1.29 is 9.47 Å². The average molecular weight is 316 g/mol. The van der Waals surface area contributed by atoms with Gasteiger partial charge in [0.1, 0.15) is 0 Å². The van der Waals surface area contributed by atoms with Crippen LogP contribution in [0.4, 0.5) is 0 Å². The van der Waals surface area contributed by atoms with Crippen molar-refractivity contribution in [2.45, 2.75) is 76.9 Å². The average Bonchev–Trinajstić information content (AvgIpc) is 3.03. The predicted molar refractivity (Wildman–Crippen MR) is 96.3 cm³/mol. The summed E-state index contributed by atoms with van der Waals surface area (Å²) < 4.78 is 12.0. The summed E-state index contributed by atoms with van der Waals surface area (Å²) in [7, 11) is 0. The zero-order valence-electron chi connectivity index (χ0n) is 14.6. The molecule has 128 valence electrons. The number of rotatable bonds is 12. The number of hydrogen-bond donors (Lipinski definition) is 0. The van der Waals surface area contributed by atoms with Crippen LogP contribution in [0.15, 0.2) is 42.7 Å². The molecule has 0 bridgehead atoms. The van der Waals surface area contributed by atoms with E-state index in [-0.39, 0.29) is 0 Å². The van der Waals surface area contributed by atoms with Crippen LogP contribution < -0.4 is 0 Å². The summed E-state index contributed by atoms with van der Waals surface area (Å²) in [5.41, 5.74) is 1.27. The van der Waals surface area contributed by atoms with E-state index in [2.05, 4.69) is 37.3 Å². The molecule has 1 aromatic rings. The highest BCUT2D eigenvalue weighted by atomic mass is 16.7. The summed E-state index contributed by atoms with van der Waals surface area (Å²) in [5, 5.41) is 0. The van der Waals surface area contributed by atoms with Gasteiger partial charge >= 0.3 is 0 Å². The maximum atomic E-state index is 6.15. The number of unbranched alkanes of at least 4 members (excludes halogenated alkanes) is 7. The molecule has 0 aromatic heterocycles. The first-order chi connectivity index (χ1) is 11.3. The molecule has 1 aromatic carbocycles. The van der Waals surface area contributed by atoms with E-state index in [9.17, 15) is 0 Å². The minimum Gasteiger partial charge on any atom is -0.470 e. The van der Waals surface area contributed by atoms with Crippen molar-refractivity contribution in [2.24, 2.45) is 0 Å². The summed E-state index contributed by atoms with van der Waals surface area (Å²) in [6.45, 7) is 3.06. The maximum Gasteiger partial charge on any atom is 0.217 e. The second kappa shape index (κ2) is 10.5. The van der Waals surface area contributed by atoms with Crippen LogP contribution in [-0.4, -0.2) is 12.4 Å². The van der Waals surface area contributed by atoms with Gasteiger partial charge in [-0.1, -0.05) is 82.2 Å². The summed E-state index contributed by atoms with van der Waals surface area (Å²) >= 11 is 0. The molecule has 1 unspecified atom stereocenters. The van der Waals surface area contributed by atoms with Gasteiger partial charge in [-0.2, -0.15) is 0 Å². The first-order valence-electron chi connectivity index (χ1n) is 9.35. The molecule has 1 aliphatic rings. The first kappa shape index (κ1) is 18.1. The second-order valence-corrected chi connectivity index (χ2v) is 6.59. The Morgan fingerprint density at radius 2 is 1.65 bits per heavy atom. The Bertz CT molecular complexity index is 430. The SMILES string of the molecule is CCCCCCCCCCOC1(Cc2ccccc2)CC=CO1. The lowest BCUT2D eigenvalue weighted by Gasteiger charge is -2.29. The van der Waals surface area contributed by atoms with Crippen molar-refractivity contribution in [1.29, 1.82) is 0 Å². The molecule has 0 saturated carbocycles. The molecule has 0 fully saturated rings. The lowest BCUT2D eigenvalue weighted by atomic mass is 10.0. The monoisotopic (exact) mass is 316 g/mol. The highest BCUT2D eigenvalue weighted by molar-refractivity contribution is 5.17. The van der Waals surface area contributed by atoms with Crippen molar-refractivity contribution in [3.8, 4) is 0 Å². The molecule has 0 aliphatic carbocycles. The summed E-state index contributed by atoms with van der Waals surface area (Å²) in [6.07, 6.45) is 16.1. The van der Waals surface area contributed by atoms with Crippen LogP contribution in [0, 0.1) is 0 Å². The molecule has 1 heterocycles. The van der Waals surface area contributed by atoms with E-state index in [4.69, 9.17) is 9.47 Å². The van der Waals surface area contributed by atoms with Gasteiger partial charge in [-0.05, 0) is 18.1 Å². The fourth-order valence-electron chi connectivity index (χ4n) is 3.11. The Morgan fingerprint density at radius 1 is 0.957 bits per heavy atom. The van der Waals surface area contributed by atoms with Crippen LogP contribution >= 0.6 is 0 Å². The minimum absolute atomic E-state index is 0.470. The van der Waals surface area contributed by atoms with E-state index in [1.54, 1.807) is 6.26 Å². The molecule has 0 N–H and O–H groups in total. The van der Waals surface area contributed by atoms with Crippen LogP contribution in [0.25, 0.3) is 0 Å². The fraction of sp³-hybridized carbons (Fsp3) is 0.619. The summed E-state index contributed by atoms with van der Waals surface area (Å²) in [6, 6.07) is 10.5. The topological polar surface area (TPSA) is 18.5 Å². The van der Waals surface area contributed by atoms with Crippen molar-refractivity contribution >= 4 is 0 Å². The second-order valence-electron chi connectivity index (χ2n) is 6.59. The molecule has 0 saturated heterocycles. The Morgan fingerprint density at radius 3 is 2.30 bits per heavy atom. The zero-order chi connectivity index (χ0) is 16.2. The van der Waals surface area contributed by atoms with Gasteiger partial charge in [0.05, 0.1) is 12.9 Å². The fourth-order valence-corrected chi connectivity index (χ4v) is 3.11. The Labute approximate surface area is 141 Å². The summed E-state index contributed by atoms with van der Waals surface area (Å²) in [5.74, 6) is -0.470. The largest absolute Gasteiger partial charge is 0.470 e. The maximum absolute atomic E-state index is 6.15. The number of hydrogen-bond acceptors (Lipinski definition) is 2. The molecule has 2 nitrogen and oxygen atoms in total. The van der Waals surface area contributed by atoms with E-state index in [1.807, 2.05) is 6.07 Å². The summed E-state index contributed by atoms with van der Waals surface area (Å²) in [4.78, 5) is 0. The smallest absolute Gasteiger partial charge is 0.217 e. The van der Waals surface area contributed by atoms with Gasteiger partial charge < -0.3 is 9.47 Å². The highest BCUT2D eigenvalue weighted by Crippen LogP contribution is 2.29. The molecule has 0 spiro atoms. The molecule has 2 heteroatoms. The molecule has 1 atom stereocenters. The Kier molecular flexibility index (Phi) is 8.24. The van der Waals surface area contributed by atoms with Gasteiger partial charge in [0, 0.05) is 12.8 Å². The molecule has 23 heavy (non-hydrogen) atoms. The van der Waals surface area contributed by atoms with E-state index in [0.29, 0.717) is 0 Å². The van der Waals surface area contributed by atoms with Crippen LogP contribution in [0.1, 0.15) is 70.3 Å². The highest BCUT2D eigenvalue weighted by Gasteiger charge is 2.34. The van der Waals surface area contributed by atoms with Gasteiger partial charge in [0.15, 0.2) is 0 Å². The Hall–Kier alpha value is -1.28. The van der Waals surface area contributed by atoms with Crippen molar-refractivity contribution in [3.63, 3.8) is 0 Å². The van der Waals surface area contributed by atoms with Crippen LogP contribution in [0.2, 0.25) is 0 Å². The van der Waals surface area contributed by atoms with Crippen molar-refractivity contribution in [3.05, 3.63) is 48.2 Å². The van der Waals surface area contributed by atoms with Crippen LogP contribution in [0.5, 0.6) is 0 Å². The van der Waals surface area contributed by atoms with Crippen molar-refractivity contribution in [1.82, 2.24) is 0 Å². The molecule has 1 aliphatic heterocycles. The van der Waals surface area contributed by atoms with E-state index in [0.717, 1.165) is 25.9 Å². The van der Waals surface area contributed by atoms with Gasteiger partial charge in [-0.15, -0.1) is 0 Å². The molecular formula is C21H32O2. The third-order valence-electron chi connectivity index (χ3n) is 4.49. The molecule has 2 rings (SSSR count).